The molecule has 2 aromatic carbocycles. The molecule has 0 spiro atoms. The van der Waals surface area contributed by atoms with Crippen LogP contribution in [0.1, 0.15) is 37.5 Å². The van der Waals surface area contributed by atoms with Crippen LogP contribution >= 0.6 is 0 Å². The molecule has 25 heavy (non-hydrogen) atoms. The van der Waals surface area contributed by atoms with Crippen LogP contribution in [0.4, 0.5) is 5.69 Å². The lowest BCUT2D eigenvalue weighted by Gasteiger charge is -2.28. The van der Waals surface area contributed by atoms with Gasteiger partial charge in [0.15, 0.2) is 0 Å². The van der Waals surface area contributed by atoms with Crippen molar-refractivity contribution in [3.8, 4) is 0 Å². The van der Waals surface area contributed by atoms with Gasteiger partial charge in [0.2, 0.25) is 0 Å². The number of nitrogens with one attached hydrogen (secondary N) is 1. The lowest BCUT2D eigenvalue weighted by atomic mass is 9.86. The number of hydrogen-bond donors (Lipinski definition) is 1. The molecule has 4 nitrogen and oxygen atoms in total. The molecule has 130 valence electrons. The number of nitrogens with zero attached hydrogens (tertiary/aromatic N) is 1. The van der Waals surface area contributed by atoms with Crippen molar-refractivity contribution in [3.63, 3.8) is 0 Å². The third kappa shape index (κ3) is 3.73. The highest BCUT2D eigenvalue weighted by molar-refractivity contribution is 6.39. The molecule has 2 amide bonds. The Morgan fingerprint density at radius 1 is 0.960 bits per heavy atom. The Morgan fingerprint density at radius 2 is 1.60 bits per heavy atom. The Kier molecular flexibility index (Phi) is 4.62. The van der Waals surface area contributed by atoms with Crippen LogP contribution in [0.3, 0.4) is 0 Å². The van der Waals surface area contributed by atoms with Crippen LogP contribution in [0.2, 0.25) is 0 Å². The van der Waals surface area contributed by atoms with Gasteiger partial charge in [-0.05, 0) is 34.6 Å². The van der Waals surface area contributed by atoms with Crippen molar-refractivity contribution in [1.82, 2.24) is 4.90 Å². The number of anilines is 1. The van der Waals surface area contributed by atoms with Gasteiger partial charge in [0.05, 0.1) is 0 Å². The van der Waals surface area contributed by atoms with Crippen molar-refractivity contribution in [1.29, 1.82) is 0 Å². The Bertz CT molecular complexity index is 806. The minimum atomic E-state index is -0.573. The average Bonchev–Trinajstić information content (AvgIpc) is 2.60. The molecule has 0 saturated carbocycles. The summed E-state index contributed by atoms with van der Waals surface area (Å²) in [5.41, 5.74) is 3.97. The van der Waals surface area contributed by atoms with Gasteiger partial charge in [-0.25, -0.2) is 0 Å². The molecular weight excluding hydrogens is 312 g/mol. The molecule has 0 bridgehead atoms. The zero-order chi connectivity index (χ0) is 18.0. The second-order valence-electron chi connectivity index (χ2n) is 7.50. The van der Waals surface area contributed by atoms with E-state index in [0.717, 1.165) is 17.5 Å². The topological polar surface area (TPSA) is 49.4 Å². The van der Waals surface area contributed by atoms with E-state index in [-0.39, 0.29) is 5.41 Å². The number of para-hydroxylation sites is 1. The maximum absolute atomic E-state index is 12.6. The molecule has 0 aliphatic carbocycles. The number of carbonyl (C=O) groups excluding carboxylic acids is 2. The van der Waals surface area contributed by atoms with E-state index in [4.69, 9.17) is 0 Å². The molecule has 0 aromatic heterocycles. The number of benzene rings is 2. The monoisotopic (exact) mass is 336 g/mol. The summed E-state index contributed by atoms with van der Waals surface area (Å²) in [4.78, 5) is 26.7. The highest BCUT2D eigenvalue weighted by Crippen LogP contribution is 2.29. The largest absolute Gasteiger partial charge is 0.330 e. The van der Waals surface area contributed by atoms with Crippen LogP contribution in [0, 0.1) is 0 Å². The molecular formula is C21H24N2O2. The quantitative estimate of drug-likeness (QED) is 0.810. The van der Waals surface area contributed by atoms with E-state index in [9.17, 15) is 9.59 Å². The summed E-state index contributed by atoms with van der Waals surface area (Å²) in [6.45, 7) is 7.32. The van der Waals surface area contributed by atoms with E-state index < -0.39 is 11.8 Å². The Morgan fingerprint density at radius 3 is 2.32 bits per heavy atom. The minimum Gasteiger partial charge on any atom is -0.330 e. The van der Waals surface area contributed by atoms with Gasteiger partial charge in [-0.2, -0.15) is 0 Å². The molecule has 0 atom stereocenters. The Labute approximate surface area is 148 Å². The van der Waals surface area contributed by atoms with E-state index in [1.54, 1.807) is 4.90 Å². The van der Waals surface area contributed by atoms with E-state index in [2.05, 4.69) is 32.2 Å². The smallest absolute Gasteiger partial charge is 0.313 e. The molecule has 0 unspecified atom stereocenters. The van der Waals surface area contributed by atoms with Crippen molar-refractivity contribution >= 4 is 17.5 Å². The van der Waals surface area contributed by atoms with Crippen molar-refractivity contribution in [3.05, 3.63) is 65.2 Å². The molecule has 2 aromatic rings. The first-order valence-electron chi connectivity index (χ1n) is 8.63. The van der Waals surface area contributed by atoms with Gasteiger partial charge in [-0.1, -0.05) is 63.2 Å². The van der Waals surface area contributed by atoms with Gasteiger partial charge in [-0.3, -0.25) is 9.59 Å². The Balaban J connectivity index is 1.74. The van der Waals surface area contributed by atoms with Crippen molar-refractivity contribution in [2.24, 2.45) is 0 Å². The maximum atomic E-state index is 12.6. The van der Waals surface area contributed by atoms with Gasteiger partial charge < -0.3 is 10.2 Å². The van der Waals surface area contributed by atoms with Crippen LogP contribution in [0.25, 0.3) is 0 Å². The lowest BCUT2D eigenvalue weighted by Crippen LogP contribution is -2.42. The van der Waals surface area contributed by atoms with E-state index in [0.29, 0.717) is 18.8 Å². The number of carbonyl (C=O) groups is 2. The number of rotatable bonds is 1. The molecule has 0 fully saturated rings. The average molecular weight is 336 g/mol. The molecule has 0 saturated heterocycles. The van der Waals surface area contributed by atoms with E-state index in [1.807, 2.05) is 42.5 Å². The zero-order valence-corrected chi connectivity index (χ0v) is 15.0. The maximum Gasteiger partial charge on any atom is 0.313 e. The molecule has 0 radical (unpaired) electrons. The molecule has 1 aliphatic heterocycles. The lowest BCUT2D eigenvalue weighted by molar-refractivity contribution is -0.143. The molecule has 1 aliphatic rings. The second kappa shape index (κ2) is 6.71. The summed E-state index contributed by atoms with van der Waals surface area (Å²) in [5.74, 6) is -1.05. The van der Waals surface area contributed by atoms with Gasteiger partial charge in [0.1, 0.15) is 0 Å². The highest BCUT2D eigenvalue weighted by Gasteiger charge is 2.27. The molecule has 4 heteroatoms. The van der Waals surface area contributed by atoms with Crippen molar-refractivity contribution in [2.45, 2.75) is 39.2 Å². The SMILES string of the molecule is CC(C)(C)c1ccccc1NC(=O)C(=O)N1CCc2ccccc2C1. The van der Waals surface area contributed by atoms with Crippen LogP contribution in [-0.2, 0) is 28.0 Å². The third-order valence-corrected chi connectivity index (χ3v) is 4.60. The predicted octanol–water partition coefficient (Wildman–Crippen LogP) is 3.51. The predicted molar refractivity (Wildman–Crippen MR) is 99.3 cm³/mol. The minimum absolute atomic E-state index is 0.114. The van der Waals surface area contributed by atoms with Crippen LogP contribution < -0.4 is 5.32 Å². The first-order valence-corrected chi connectivity index (χ1v) is 8.63. The van der Waals surface area contributed by atoms with E-state index in [1.165, 1.54) is 5.56 Å². The fourth-order valence-electron chi connectivity index (χ4n) is 3.23. The first kappa shape index (κ1) is 17.2. The Hall–Kier alpha value is -2.62. The summed E-state index contributed by atoms with van der Waals surface area (Å²) < 4.78 is 0. The summed E-state index contributed by atoms with van der Waals surface area (Å²) in [6.07, 6.45) is 0.785. The molecule has 3 rings (SSSR count). The zero-order valence-electron chi connectivity index (χ0n) is 15.0. The number of amides is 2. The summed E-state index contributed by atoms with van der Waals surface area (Å²) >= 11 is 0. The second-order valence-corrected chi connectivity index (χ2v) is 7.50. The summed E-state index contributed by atoms with van der Waals surface area (Å²) in [6, 6.07) is 15.7. The van der Waals surface area contributed by atoms with Gasteiger partial charge >= 0.3 is 11.8 Å². The normalized spacial score (nSPS) is 14.0. The summed E-state index contributed by atoms with van der Waals surface area (Å²) in [5, 5.41) is 2.81. The molecule has 1 heterocycles. The van der Waals surface area contributed by atoms with E-state index >= 15 is 0 Å². The number of fused-ring (bicyclic) bond motifs is 1. The highest BCUT2D eigenvalue weighted by atomic mass is 16.2. The van der Waals surface area contributed by atoms with Crippen LogP contribution in [0.15, 0.2) is 48.5 Å². The van der Waals surface area contributed by atoms with Crippen LogP contribution in [0.5, 0.6) is 0 Å². The van der Waals surface area contributed by atoms with Crippen molar-refractivity contribution < 1.29 is 9.59 Å². The fraction of sp³-hybridized carbons (Fsp3) is 0.333. The van der Waals surface area contributed by atoms with Gasteiger partial charge in [0, 0.05) is 18.8 Å². The third-order valence-electron chi connectivity index (χ3n) is 4.60. The van der Waals surface area contributed by atoms with Crippen LogP contribution in [-0.4, -0.2) is 23.3 Å². The van der Waals surface area contributed by atoms with Gasteiger partial charge in [0.25, 0.3) is 0 Å². The standard InChI is InChI=1S/C21H24N2O2/c1-21(2,3)17-10-6-7-11-18(17)22-19(24)20(25)23-13-12-15-8-4-5-9-16(15)14-23/h4-11H,12-14H2,1-3H3,(H,22,24). The first-order chi connectivity index (χ1) is 11.9. The fourth-order valence-corrected chi connectivity index (χ4v) is 3.23. The number of hydrogen-bond acceptors (Lipinski definition) is 2. The van der Waals surface area contributed by atoms with Crippen molar-refractivity contribution in [2.75, 3.05) is 11.9 Å². The van der Waals surface area contributed by atoms with Gasteiger partial charge in [-0.15, -0.1) is 0 Å². The molecule has 1 N–H and O–H groups in total. The summed E-state index contributed by atoms with van der Waals surface area (Å²) in [7, 11) is 0.